The second kappa shape index (κ2) is 11.9. The van der Waals surface area contributed by atoms with Crippen molar-refractivity contribution in [1.29, 1.82) is 0 Å². The molecule has 0 saturated carbocycles. The van der Waals surface area contributed by atoms with Gasteiger partial charge in [-0.05, 0) is 92.0 Å². The van der Waals surface area contributed by atoms with Gasteiger partial charge >= 0.3 is 0 Å². The monoisotopic (exact) mass is 715 g/mol. The fourth-order valence-electron chi connectivity index (χ4n) is 8.42. The summed E-state index contributed by atoms with van der Waals surface area (Å²) in [5, 5.41) is 11.1. The van der Waals surface area contributed by atoms with Gasteiger partial charge in [0, 0.05) is 38.2 Å². The number of aromatic nitrogens is 3. The molecule has 0 unspecified atom stereocenters. The van der Waals surface area contributed by atoms with Crippen molar-refractivity contribution in [2.24, 2.45) is 0 Å². The molecule has 9 aromatic carbocycles. The van der Waals surface area contributed by atoms with Crippen LogP contribution < -0.4 is 0 Å². The highest BCUT2D eigenvalue weighted by atomic mass is 16.3. The molecule has 0 aliphatic rings. The lowest BCUT2D eigenvalue weighted by atomic mass is 9.92. The molecule has 3 heterocycles. The second-order valence-electron chi connectivity index (χ2n) is 14.4. The number of hydrogen-bond donors (Lipinski definition) is 0. The van der Waals surface area contributed by atoms with E-state index >= 15 is 0 Å². The van der Waals surface area contributed by atoms with Gasteiger partial charge in [0.1, 0.15) is 22.3 Å². The average molecular weight is 716 g/mol. The van der Waals surface area contributed by atoms with Gasteiger partial charge < -0.3 is 8.83 Å². The van der Waals surface area contributed by atoms with Crippen molar-refractivity contribution >= 4 is 76.2 Å². The molecule has 0 aliphatic heterocycles. The van der Waals surface area contributed by atoms with Gasteiger partial charge in [-0.25, -0.2) is 15.0 Å². The van der Waals surface area contributed by atoms with E-state index in [1.807, 2.05) is 30.3 Å². The lowest BCUT2D eigenvalue weighted by Gasteiger charge is -2.14. The third kappa shape index (κ3) is 4.78. The normalized spacial score (nSPS) is 11.9. The molecule has 0 bridgehead atoms. The molecule has 0 spiro atoms. The summed E-state index contributed by atoms with van der Waals surface area (Å²) in [5.74, 6) is 1.83. The van der Waals surface area contributed by atoms with Crippen LogP contribution in [0.25, 0.3) is 121 Å². The van der Waals surface area contributed by atoms with E-state index in [1.54, 1.807) is 0 Å². The summed E-state index contributed by atoms with van der Waals surface area (Å²) in [6.45, 7) is 0. The second-order valence-corrected chi connectivity index (χ2v) is 14.4. The highest BCUT2D eigenvalue weighted by Crippen LogP contribution is 2.42. The number of fused-ring (bicyclic) bond motifs is 9. The third-order valence-corrected chi connectivity index (χ3v) is 11.1. The minimum Gasteiger partial charge on any atom is -0.456 e. The Bertz CT molecular complexity index is 3560. The zero-order chi connectivity index (χ0) is 36.7. The van der Waals surface area contributed by atoms with Crippen LogP contribution in [0, 0.1) is 0 Å². The Hall–Kier alpha value is -7.63. The van der Waals surface area contributed by atoms with Crippen molar-refractivity contribution < 1.29 is 8.83 Å². The van der Waals surface area contributed by atoms with Crippen molar-refractivity contribution in [2.75, 3.05) is 0 Å². The van der Waals surface area contributed by atoms with Crippen molar-refractivity contribution in [3.05, 3.63) is 176 Å². The fraction of sp³-hybridized carbons (Fsp3) is 0. The van der Waals surface area contributed by atoms with Crippen LogP contribution >= 0.6 is 0 Å². The van der Waals surface area contributed by atoms with Crippen LogP contribution in [0.2, 0.25) is 0 Å². The first-order valence-electron chi connectivity index (χ1n) is 18.8. The standard InChI is InChI=1S/C51H29N3O2/c1-2-11-31-26-33(22-20-30(31)10-1)49-52-50(34-23-21-32-28-43-39-14-5-7-17-44(39)56-47(43)29-35(32)27-34)54-51(53-49)41-25-24-38(36-12-3-4-13-37(36)41)40-16-9-19-46-48(40)42-15-6-8-18-45(42)55-46/h1-29H. The van der Waals surface area contributed by atoms with Gasteiger partial charge in [-0.2, -0.15) is 0 Å². The van der Waals surface area contributed by atoms with E-state index < -0.39 is 0 Å². The van der Waals surface area contributed by atoms with E-state index in [-0.39, 0.29) is 0 Å². The molecule has 0 aliphatic carbocycles. The number of furan rings is 2. The van der Waals surface area contributed by atoms with Crippen LogP contribution in [0.5, 0.6) is 0 Å². The molecule has 0 amide bonds. The van der Waals surface area contributed by atoms with E-state index in [9.17, 15) is 0 Å². The Morgan fingerprint density at radius 2 is 0.839 bits per heavy atom. The quantitative estimate of drug-likeness (QED) is 0.181. The van der Waals surface area contributed by atoms with Gasteiger partial charge in [0.2, 0.25) is 0 Å². The number of hydrogen-bond acceptors (Lipinski definition) is 5. The Morgan fingerprint density at radius 3 is 1.64 bits per heavy atom. The van der Waals surface area contributed by atoms with Crippen LogP contribution in [0.1, 0.15) is 0 Å². The van der Waals surface area contributed by atoms with E-state index in [4.69, 9.17) is 23.8 Å². The third-order valence-electron chi connectivity index (χ3n) is 11.1. The van der Waals surface area contributed by atoms with Gasteiger partial charge in [-0.1, -0.05) is 127 Å². The van der Waals surface area contributed by atoms with Gasteiger partial charge in [-0.15, -0.1) is 0 Å². The molecule has 56 heavy (non-hydrogen) atoms. The van der Waals surface area contributed by atoms with E-state index in [2.05, 4.69) is 146 Å². The van der Waals surface area contributed by atoms with Crippen LogP contribution in [-0.4, -0.2) is 15.0 Å². The molecule has 5 heteroatoms. The Kier molecular flexibility index (Phi) is 6.56. The average Bonchev–Trinajstić information content (AvgIpc) is 3.82. The summed E-state index contributed by atoms with van der Waals surface area (Å²) < 4.78 is 12.6. The van der Waals surface area contributed by atoms with Gasteiger partial charge in [0.15, 0.2) is 17.5 Å². The van der Waals surface area contributed by atoms with Crippen LogP contribution in [-0.2, 0) is 0 Å². The molecule has 12 aromatic rings. The zero-order valence-corrected chi connectivity index (χ0v) is 29.9. The number of benzene rings is 9. The van der Waals surface area contributed by atoms with E-state index in [0.29, 0.717) is 17.5 Å². The van der Waals surface area contributed by atoms with E-state index in [1.165, 1.54) is 5.39 Å². The SMILES string of the molecule is c1ccc2cc(-c3nc(-c4ccc5cc6c(cc5c4)oc4ccccc46)nc(-c4ccc(-c5cccc6oc7ccccc7c56)c5ccccc45)n3)ccc2c1. The first kappa shape index (κ1) is 30.8. The van der Waals surface area contributed by atoms with Crippen LogP contribution in [0.3, 0.4) is 0 Å². The summed E-state index contributed by atoms with van der Waals surface area (Å²) in [6, 6.07) is 61.1. The van der Waals surface area contributed by atoms with Gasteiger partial charge in [-0.3, -0.25) is 0 Å². The molecule has 0 fully saturated rings. The zero-order valence-electron chi connectivity index (χ0n) is 29.9. The molecular formula is C51H29N3O2. The van der Waals surface area contributed by atoms with Crippen LogP contribution in [0.4, 0.5) is 0 Å². The molecule has 3 aromatic heterocycles. The largest absolute Gasteiger partial charge is 0.456 e. The summed E-state index contributed by atoms with van der Waals surface area (Å²) in [6.07, 6.45) is 0. The molecule has 0 N–H and O–H groups in total. The molecule has 12 rings (SSSR count). The van der Waals surface area contributed by atoms with Crippen LogP contribution in [0.15, 0.2) is 185 Å². The molecule has 5 nitrogen and oxygen atoms in total. The summed E-state index contributed by atoms with van der Waals surface area (Å²) in [5.41, 5.74) is 8.50. The Labute approximate surface area is 320 Å². The minimum atomic E-state index is 0.604. The number of nitrogens with zero attached hydrogens (tertiary/aromatic N) is 3. The predicted molar refractivity (Wildman–Crippen MR) is 229 cm³/mol. The topological polar surface area (TPSA) is 65.0 Å². The first-order valence-corrected chi connectivity index (χ1v) is 18.8. The molecule has 0 atom stereocenters. The van der Waals surface area contributed by atoms with Crippen molar-refractivity contribution in [3.8, 4) is 45.3 Å². The van der Waals surface area contributed by atoms with Crippen molar-refractivity contribution in [3.63, 3.8) is 0 Å². The fourth-order valence-corrected chi connectivity index (χ4v) is 8.42. The maximum Gasteiger partial charge on any atom is 0.164 e. The highest BCUT2D eigenvalue weighted by molar-refractivity contribution is 6.16. The molecule has 260 valence electrons. The Balaban J connectivity index is 1.07. The summed E-state index contributed by atoms with van der Waals surface area (Å²) >= 11 is 0. The smallest absolute Gasteiger partial charge is 0.164 e. The highest BCUT2D eigenvalue weighted by Gasteiger charge is 2.19. The summed E-state index contributed by atoms with van der Waals surface area (Å²) in [7, 11) is 0. The van der Waals surface area contributed by atoms with Crippen molar-refractivity contribution in [1.82, 2.24) is 15.0 Å². The number of rotatable bonds is 4. The first-order chi connectivity index (χ1) is 27.7. The van der Waals surface area contributed by atoms with Gasteiger partial charge in [0.25, 0.3) is 0 Å². The minimum absolute atomic E-state index is 0.604. The van der Waals surface area contributed by atoms with Crippen molar-refractivity contribution in [2.45, 2.75) is 0 Å². The molecule has 0 radical (unpaired) electrons. The van der Waals surface area contributed by atoms with Gasteiger partial charge in [0.05, 0.1) is 0 Å². The Morgan fingerprint density at radius 1 is 0.286 bits per heavy atom. The lowest BCUT2D eigenvalue weighted by molar-refractivity contribution is 0.669. The lowest BCUT2D eigenvalue weighted by Crippen LogP contribution is -2.01. The maximum atomic E-state index is 6.29. The predicted octanol–water partition coefficient (Wildman–Crippen LogP) is 13.8. The maximum absolute atomic E-state index is 6.29. The number of para-hydroxylation sites is 2. The summed E-state index contributed by atoms with van der Waals surface area (Å²) in [4.78, 5) is 15.6. The molecule has 0 saturated heterocycles. The molecular weight excluding hydrogens is 687 g/mol. The van der Waals surface area contributed by atoms with E-state index in [0.717, 1.165) is 98.6 Å².